The van der Waals surface area contributed by atoms with Crippen LogP contribution < -0.4 is 9.64 Å². The number of methoxy groups -OCH3 is 1. The molecule has 0 spiro atoms. The van der Waals surface area contributed by atoms with Crippen molar-refractivity contribution in [1.29, 1.82) is 0 Å². The Morgan fingerprint density at radius 1 is 1.03 bits per heavy atom. The lowest BCUT2D eigenvalue weighted by Gasteiger charge is -2.35. The molecule has 9 heteroatoms. The van der Waals surface area contributed by atoms with E-state index in [1.807, 2.05) is 44.1 Å². The van der Waals surface area contributed by atoms with Gasteiger partial charge in [-0.3, -0.25) is 14.0 Å². The van der Waals surface area contributed by atoms with E-state index >= 15 is 0 Å². The summed E-state index contributed by atoms with van der Waals surface area (Å²) >= 11 is 0. The van der Waals surface area contributed by atoms with Crippen molar-refractivity contribution in [2.24, 2.45) is 7.05 Å². The molecular weight excluding hydrogens is 380 g/mol. The third-order valence-corrected chi connectivity index (χ3v) is 5.52. The van der Waals surface area contributed by atoms with Crippen molar-refractivity contribution in [3.8, 4) is 17.1 Å². The van der Waals surface area contributed by atoms with Crippen LogP contribution in [-0.2, 0) is 13.6 Å². The molecule has 4 aromatic heterocycles. The average molecular weight is 404 g/mol. The molecule has 5 heterocycles. The van der Waals surface area contributed by atoms with Crippen molar-refractivity contribution in [2.45, 2.75) is 6.54 Å². The number of ether oxygens (including phenoxy) is 1. The maximum absolute atomic E-state index is 5.39. The number of hydrogen-bond acceptors (Lipinski definition) is 7. The van der Waals surface area contributed by atoms with Gasteiger partial charge < -0.3 is 9.64 Å². The summed E-state index contributed by atoms with van der Waals surface area (Å²) in [5.74, 6) is 1.62. The van der Waals surface area contributed by atoms with Crippen LogP contribution in [0, 0.1) is 0 Å². The van der Waals surface area contributed by atoms with Gasteiger partial charge in [-0.05, 0) is 6.07 Å². The summed E-state index contributed by atoms with van der Waals surface area (Å²) in [7, 11) is 3.58. The Balaban J connectivity index is 1.33. The zero-order valence-electron chi connectivity index (χ0n) is 17.1. The molecule has 0 bridgehead atoms. The highest BCUT2D eigenvalue weighted by molar-refractivity contribution is 5.70. The van der Waals surface area contributed by atoms with Gasteiger partial charge in [0, 0.05) is 75.7 Å². The molecule has 1 aliphatic rings. The molecule has 30 heavy (non-hydrogen) atoms. The third kappa shape index (κ3) is 3.37. The summed E-state index contributed by atoms with van der Waals surface area (Å²) in [5, 5.41) is 4.28. The van der Waals surface area contributed by atoms with Gasteiger partial charge in [-0.15, -0.1) is 0 Å². The normalized spacial score (nSPS) is 15.1. The summed E-state index contributed by atoms with van der Waals surface area (Å²) < 4.78 is 9.28. The zero-order valence-corrected chi connectivity index (χ0v) is 17.1. The van der Waals surface area contributed by atoms with Crippen molar-refractivity contribution < 1.29 is 4.74 Å². The second-order valence-corrected chi connectivity index (χ2v) is 7.43. The first-order chi connectivity index (χ1) is 14.7. The number of piperazine rings is 1. The number of imidazole rings is 1. The monoisotopic (exact) mass is 404 g/mol. The van der Waals surface area contributed by atoms with Crippen LogP contribution in [0.4, 0.5) is 5.82 Å². The summed E-state index contributed by atoms with van der Waals surface area (Å²) in [6.45, 7) is 4.50. The number of fused-ring (bicyclic) bond motifs is 1. The highest BCUT2D eigenvalue weighted by Gasteiger charge is 2.22. The lowest BCUT2D eigenvalue weighted by molar-refractivity contribution is 0.244. The summed E-state index contributed by atoms with van der Waals surface area (Å²) in [6, 6.07) is 4.03. The number of aromatic nitrogens is 6. The Morgan fingerprint density at radius 3 is 2.67 bits per heavy atom. The van der Waals surface area contributed by atoms with E-state index in [1.165, 1.54) is 0 Å². The van der Waals surface area contributed by atoms with Crippen LogP contribution in [0.1, 0.15) is 5.56 Å². The SMILES string of the molecule is COc1ncccc1CN1CCN(c2nccn3c(-c4cnn(C)c4)cnc23)CC1. The number of nitrogens with zero attached hydrogens (tertiary/aromatic N) is 8. The lowest BCUT2D eigenvalue weighted by atomic mass is 10.2. The molecule has 1 saturated heterocycles. The van der Waals surface area contributed by atoms with Crippen LogP contribution in [0.25, 0.3) is 16.9 Å². The first-order valence-corrected chi connectivity index (χ1v) is 9.99. The highest BCUT2D eigenvalue weighted by atomic mass is 16.5. The van der Waals surface area contributed by atoms with Crippen molar-refractivity contribution in [3.05, 3.63) is 54.9 Å². The molecule has 5 rings (SSSR count). The topological polar surface area (TPSA) is 76.6 Å². The largest absolute Gasteiger partial charge is 0.481 e. The van der Waals surface area contributed by atoms with Gasteiger partial charge in [-0.25, -0.2) is 15.0 Å². The first-order valence-electron chi connectivity index (χ1n) is 9.99. The predicted octanol–water partition coefficient (Wildman–Crippen LogP) is 1.86. The standard InChI is InChI=1S/C21H24N8O/c1-26-14-17(12-25-26)18-13-24-20-19(22-6-7-29(18)20)28-10-8-27(9-11-28)15-16-4-3-5-23-21(16)30-2/h3-7,12-14H,8-11,15H2,1-2H3. The molecule has 0 amide bonds. The Hall–Kier alpha value is -3.46. The predicted molar refractivity (Wildman–Crippen MR) is 113 cm³/mol. The van der Waals surface area contributed by atoms with Gasteiger partial charge in [-0.2, -0.15) is 5.10 Å². The van der Waals surface area contributed by atoms with E-state index < -0.39 is 0 Å². The van der Waals surface area contributed by atoms with E-state index in [1.54, 1.807) is 18.0 Å². The second kappa shape index (κ2) is 7.75. The molecule has 0 saturated carbocycles. The Morgan fingerprint density at radius 2 is 1.90 bits per heavy atom. The van der Waals surface area contributed by atoms with Crippen LogP contribution in [0.2, 0.25) is 0 Å². The fourth-order valence-electron chi connectivity index (χ4n) is 3.98. The van der Waals surface area contributed by atoms with E-state index in [2.05, 4.69) is 40.3 Å². The molecule has 1 aliphatic heterocycles. The quantitative estimate of drug-likeness (QED) is 0.502. The molecule has 0 unspecified atom stereocenters. The minimum absolute atomic E-state index is 0.701. The Bertz CT molecular complexity index is 1160. The van der Waals surface area contributed by atoms with Gasteiger partial charge >= 0.3 is 0 Å². The summed E-state index contributed by atoms with van der Waals surface area (Å²) in [5.41, 5.74) is 4.04. The molecule has 0 N–H and O–H groups in total. The lowest BCUT2D eigenvalue weighted by Crippen LogP contribution is -2.46. The number of aryl methyl sites for hydroxylation is 1. The maximum Gasteiger partial charge on any atom is 0.217 e. The molecule has 0 radical (unpaired) electrons. The van der Waals surface area contributed by atoms with E-state index in [-0.39, 0.29) is 0 Å². The number of hydrogen-bond donors (Lipinski definition) is 0. The van der Waals surface area contributed by atoms with Gasteiger partial charge in [0.15, 0.2) is 11.5 Å². The molecule has 4 aromatic rings. The summed E-state index contributed by atoms with van der Waals surface area (Å²) in [4.78, 5) is 18.4. The molecule has 0 atom stereocenters. The molecule has 0 aromatic carbocycles. The Labute approximate surface area is 174 Å². The third-order valence-electron chi connectivity index (χ3n) is 5.52. The van der Waals surface area contributed by atoms with Gasteiger partial charge in [0.05, 0.1) is 25.2 Å². The van der Waals surface area contributed by atoms with Gasteiger partial charge in [0.1, 0.15) is 0 Å². The van der Waals surface area contributed by atoms with E-state index in [0.717, 1.165) is 61.0 Å². The van der Waals surface area contributed by atoms with Crippen molar-refractivity contribution in [1.82, 2.24) is 34.0 Å². The van der Waals surface area contributed by atoms with Crippen molar-refractivity contribution in [3.63, 3.8) is 0 Å². The van der Waals surface area contributed by atoms with Gasteiger partial charge in [0.25, 0.3) is 0 Å². The first kappa shape index (κ1) is 18.6. The van der Waals surface area contributed by atoms with E-state index in [9.17, 15) is 0 Å². The molecule has 154 valence electrons. The molecular formula is C21H24N8O. The Kier molecular flexibility index (Phi) is 4.80. The number of anilines is 1. The van der Waals surface area contributed by atoms with Crippen LogP contribution in [0.15, 0.2) is 49.3 Å². The van der Waals surface area contributed by atoms with Crippen LogP contribution in [0.5, 0.6) is 5.88 Å². The number of pyridine rings is 1. The highest BCUT2D eigenvalue weighted by Crippen LogP contribution is 2.26. The molecule has 1 fully saturated rings. The fourth-order valence-corrected chi connectivity index (χ4v) is 3.98. The average Bonchev–Trinajstić information content (AvgIpc) is 3.40. The minimum Gasteiger partial charge on any atom is -0.481 e. The van der Waals surface area contributed by atoms with Crippen molar-refractivity contribution >= 4 is 11.5 Å². The smallest absolute Gasteiger partial charge is 0.217 e. The van der Waals surface area contributed by atoms with E-state index in [4.69, 9.17) is 4.74 Å². The van der Waals surface area contributed by atoms with Crippen molar-refractivity contribution in [2.75, 3.05) is 38.2 Å². The molecule has 9 nitrogen and oxygen atoms in total. The minimum atomic E-state index is 0.701. The maximum atomic E-state index is 5.39. The van der Waals surface area contributed by atoms with Crippen LogP contribution >= 0.6 is 0 Å². The van der Waals surface area contributed by atoms with Crippen LogP contribution in [-0.4, -0.2) is 67.3 Å². The van der Waals surface area contributed by atoms with Gasteiger partial charge in [0.2, 0.25) is 5.88 Å². The summed E-state index contributed by atoms with van der Waals surface area (Å²) in [6.07, 6.45) is 11.3. The fraction of sp³-hybridized carbons (Fsp3) is 0.333. The second-order valence-electron chi connectivity index (χ2n) is 7.43. The van der Waals surface area contributed by atoms with Crippen LogP contribution in [0.3, 0.4) is 0 Å². The number of rotatable bonds is 5. The van der Waals surface area contributed by atoms with Gasteiger partial charge in [-0.1, -0.05) is 6.07 Å². The molecule has 0 aliphatic carbocycles. The van der Waals surface area contributed by atoms with E-state index in [0.29, 0.717) is 5.88 Å². The zero-order chi connectivity index (χ0) is 20.5.